The molecule has 1 aliphatic carbocycles. The molecule has 138 valence electrons. The van der Waals surface area contributed by atoms with E-state index in [2.05, 4.69) is 5.32 Å². The number of carbonyl (C=O) groups excluding carboxylic acids is 3. The van der Waals surface area contributed by atoms with Gasteiger partial charge in [-0.15, -0.1) is 0 Å². The first-order valence-corrected chi connectivity index (χ1v) is 9.18. The molecule has 0 spiro atoms. The van der Waals surface area contributed by atoms with Crippen molar-refractivity contribution in [1.82, 2.24) is 4.90 Å². The minimum atomic E-state index is -0.239. The van der Waals surface area contributed by atoms with Gasteiger partial charge in [0.25, 0.3) is 0 Å². The molecule has 2 aliphatic heterocycles. The van der Waals surface area contributed by atoms with Crippen molar-refractivity contribution in [3.8, 4) is 11.5 Å². The Hall–Kier alpha value is -2.57. The van der Waals surface area contributed by atoms with E-state index in [1.54, 1.807) is 18.2 Å². The van der Waals surface area contributed by atoms with Crippen LogP contribution in [0.25, 0.3) is 0 Å². The van der Waals surface area contributed by atoms with E-state index in [1.165, 1.54) is 4.90 Å². The van der Waals surface area contributed by atoms with E-state index in [0.29, 0.717) is 30.4 Å². The molecule has 1 N–H and O–H groups in total. The summed E-state index contributed by atoms with van der Waals surface area (Å²) in [7, 11) is 0. The number of benzene rings is 1. The quantitative estimate of drug-likeness (QED) is 0.832. The number of anilines is 1. The van der Waals surface area contributed by atoms with Crippen LogP contribution in [0.4, 0.5) is 5.69 Å². The van der Waals surface area contributed by atoms with E-state index in [1.807, 2.05) is 0 Å². The van der Waals surface area contributed by atoms with Gasteiger partial charge >= 0.3 is 0 Å². The Kier molecular flexibility index (Phi) is 4.53. The Bertz CT molecular complexity index is 723. The van der Waals surface area contributed by atoms with Gasteiger partial charge < -0.3 is 14.8 Å². The van der Waals surface area contributed by atoms with E-state index in [-0.39, 0.29) is 42.5 Å². The van der Waals surface area contributed by atoms with Crippen LogP contribution in [0.2, 0.25) is 0 Å². The third-order valence-electron chi connectivity index (χ3n) is 5.32. The molecule has 0 unspecified atom stereocenters. The lowest BCUT2D eigenvalue weighted by Crippen LogP contribution is -2.34. The Balaban J connectivity index is 1.34. The maximum Gasteiger partial charge on any atom is 0.233 e. The molecule has 2 atom stereocenters. The molecule has 3 aliphatic rings. The topological polar surface area (TPSA) is 84.9 Å². The van der Waals surface area contributed by atoms with Gasteiger partial charge in [-0.3, -0.25) is 19.3 Å². The number of carbonyl (C=O) groups is 3. The average Bonchev–Trinajstić information content (AvgIpc) is 2.91. The number of hydrogen-bond donors (Lipinski definition) is 1. The average molecular weight is 358 g/mol. The van der Waals surface area contributed by atoms with Gasteiger partial charge in [0, 0.05) is 24.7 Å². The third-order valence-corrected chi connectivity index (χ3v) is 5.32. The molecule has 1 saturated carbocycles. The molecule has 7 nitrogen and oxygen atoms in total. The second kappa shape index (κ2) is 6.97. The lowest BCUT2D eigenvalue weighted by Gasteiger charge is -2.19. The summed E-state index contributed by atoms with van der Waals surface area (Å²) in [6.45, 7) is 1.13. The fourth-order valence-corrected chi connectivity index (χ4v) is 4.01. The number of nitrogens with one attached hydrogen (secondary N) is 1. The number of likely N-dealkylation sites (tertiary alicyclic amines) is 1. The Labute approximate surface area is 151 Å². The van der Waals surface area contributed by atoms with Crippen molar-refractivity contribution in [3.05, 3.63) is 18.2 Å². The summed E-state index contributed by atoms with van der Waals surface area (Å²) < 4.78 is 10.9. The van der Waals surface area contributed by atoms with Crippen molar-refractivity contribution >= 4 is 23.4 Å². The summed E-state index contributed by atoms with van der Waals surface area (Å²) in [4.78, 5) is 38.4. The Morgan fingerprint density at radius 1 is 1.04 bits per heavy atom. The van der Waals surface area contributed by atoms with Crippen molar-refractivity contribution < 1.29 is 23.9 Å². The van der Waals surface area contributed by atoms with Gasteiger partial charge in [-0.05, 0) is 25.0 Å². The van der Waals surface area contributed by atoms with Gasteiger partial charge in [-0.2, -0.15) is 0 Å². The zero-order chi connectivity index (χ0) is 18.1. The number of hydrogen-bond acceptors (Lipinski definition) is 5. The Morgan fingerprint density at radius 3 is 2.38 bits per heavy atom. The first-order valence-electron chi connectivity index (χ1n) is 9.18. The molecule has 0 bridgehead atoms. The van der Waals surface area contributed by atoms with Gasteiger partial charge in [0.2, 0.25) is 17.7 Å². The number of imide groups is 1. The minimum Gasteiger partial charge on any atom is -0.486 e. The highest BCUT2D eigenvalue weighted by Crippen LogP contribution is 2.38. The first-order chi connectivity index (χ1) is 12.6. The molecular formula is C19H22N2O5. The van der Waals surface area contributed by atoms with Crippen LogP contribution in [0.5, 0.6) is 11.5 Å². The molecule has 26 heavy (non-hydrogen) atoms. The SMILES string of the molecule is O=C(CCN1C(=O)[C@H]2CCCC[C@@H]2C1=O)Nc1ccc2c(c1)OCCO2. The highest BCUT2D eigenvalue weighted by atomic mass is 16.6. The number of ether oxygens (including phenoxy) is 2. The summed E-state index contributed by atoms with van der Waals surface area (Å²) >= 11 is 0. The highest BCUT2D eigenvalue weighted by molar-refractivity contribution is 6.05. The molecular weight excluding hydrogens is 336 g/mol. The van der Waals surface area contributed by atoms with Gasteiger partial charge in [-0.25, -0.2) is 0 Å². The van der Waals surface area contributed by atoms with Crippen molar-refractivity contribution in [1.29, 1.82) is 0 Å². The molecule has 7 heteroatoms. The monoisotopic (exact) mass is 358 g/mol. The van der Waals surface area contributed by atoms with Crippen molar-refractivity contribution in [2.45, 2.75) is 32.1 Å². The molecule has 1 saturated heterocycles. The van der Waals surface area contributed by atoms with Crippen molar-refractivity contribution in [2.75, 3.05) is 25.1 Å². The summed E-state index contributed by atoms with van der Waals surface area (Å²) in [6.07, 6.45) is 3.66. The Morgan fingerprint density at radius 2 is 1.69 bits per heavy atom. The van der Waals surface area contributed by atoms with Gasteiger partial charge in [-0.1, -0.05) is 12.8 Å². The summed E-state index contributed by atoms with van der Waals surface area (Å²) in [5.41, 5.74) is 0.604. The molecule has 0 aromatic heterocycles. The van der Waals surface area contributed by atoms with Gasteiger partial charge in [0.1, 0.15) is 13.2 Å². The molecule has 2 heterocycles. The maximum absolute atomic E-state index is 12.4. The second-order valence-electron chi connectivity index (χ2n) is 6.98. The standard InChI is InChI=1S/C19H22N2O5/c22-17(20-12-5-6-15-16(11-12)26-10-9-25-15)7-8-21-18(23)13-3-1-2-4-14(13)19(21)24/h5-6,11,13-14H,1-4,7-10H2,(H,20,22)/t13-,14-/m0/s1. The van der Waals surface area contributed by atoms with Crippen LogP contribution in [0.1, 0.15) is 32.1 Å². The van der Waals surface area contributed by atoms with Crippen LogP contribution in [0, 0.1) is 11.8 Å². The van der Waals surface area contributed by atoms with Crippen LogP contribution >= 0.6 is 0 Å². The lowest BCUT2D eigenvalue weighted by atomic mass is 9.81. The van der Waals surface area contributed by atoms with Crippen LogP contribution in [0.15, 0.2) is 18.2 Å². The minimum absolute atomic E-state index is 0.0887. The van der Waals surface area contributed by atoms with Gasteiger partial charge in [0.05, 0.1) is 11.8 Å². The molecule has 4 rings (SSSR count). The highest BCUT2D eigenvalue weighted by Gasteiger charge is 2.47. The summed E-state index contributed by atoms with van der Waals surface area (Å²) in [5, 5.41) is 2.78. The fraction of sp³-hybridized carbons (Fsp3) is 0.526. The predicted molar refractivity (Wildman–Crippen MR) is 92.8 cm³/mol. The zero-order valence-electron chi connectivity index (χ0n) is 14.5. The zero-order valence-corrected chi connectivity index (χ0v) is 14.5. The lowest BCUT2D eigenvalue weighted by molar-refractivity contribution is -0.140. The summed E-state index contributed by atoms with van der Waals surface area (Å²) in [5.74, 6) is 0.471. The first kappa shape index (κ1) is 16.9. The maximum atomic E-state index is 12.4. The number of rotatable bonds is 4. The third kappa shape index (κ3) is 3.13. The fourth-order valence-electron chi connectivity index (χ4n) is 4.01. The smallest absolute Gasteiger partial charge is 0.233 e. The molecule has 1 aromatic rings. The molecule has 0 radical (unpaired) electrons. The van der Waals surface area contributed by atoms with Crippen LogP contribution in [-0.4, -0.2) is 42.4 Å². The predicted octanol–water partition coefficient (Wildman–Crippen LogP) is 1.96. The number of amides is 3. The van der Waals surface area contributed by atoms with Crippen molar-refractivity contribution in [3.63, 3.8) is 0 Å². The van der Waals surface area contributed by atoms with E-state index in [9.17, 15) is 14.4 Å². The molecule has 1 aromatic carbocycles. The second-order valence-corrected chi connectivity index (χ2v) is 6.98. The van der Waals surface area contributed by atoms with E-state index in [0.717, 1.165) is 25.7 Å². The van der Waals surface area contributed by atoms with Crippen LogP contribution < -0.4 is 14.8 Å². The van der Waals surface area contributed by atoms with E-state index in [4.69, 9.17) is 9.47 Å². The number of nitrogens with zero attached hydrogens (tertiary/aromatic N) is 1. The van der Waals surface area contributed by atoms with E-state index < -0.39 is 0 Å². The number of fused-ring (bicyclic) bond motifs is 2. The van der Waals surface area contributed by atoms with Crippen LogP contribution in [-0.2, 0) is 14.4 Å². The molecule has 2 fully saturated rings. The largest absolute Gasteiger partial charge is 0.486 e. The molecule has 3 amide bonds. The van der Waals surface area contributed by atoms with Gasteiger partial charge in [0.15, 0.2) is 11.5 Å². The van der Waals surface area contributed by atoms with Crippen molar-refractivity contribution in [2.24, 2.45) is 11.8 Å². The summed E-state index contributed by atoms with van der Waals surface area (Å²) in [6, 6.07) is 5.21. The van der Waals surface area contributed by atoms with E-state index >= 15 is 0 Å². The normalized spacial score (nSPS) is 24.4. The van der Waals surface area contributed by atoms with Crippen LogP contribution in [0.3, 0.4) is 0 Å².